The second-order valence-corrected chi connectivity index (χ2v) is 8.76. The number of nitrogen functional groups attached to an aromatic ring is 2. The van der Waals surface area contributed by atoms with E-state index in [4.69, 9.17) is 20.9 Å². The number of benzene rings is 1. The normalized spacial score (nSPS) is 18.5. The second kappa shape index (κ2) is 13.9. The molecule has 1 aliphatic carbocycles. The summed E-state index contributed by atoms with van der Waals surface area (Å²) in [5.74, 6) is -0.511. The molecule has 2 rings (SSSR count). The Morgan fingerprint density at radius 3 is 1.81 bits per heavy atom. The van der Waals surface area contributed by atoms with Crippen molar-refractivity contribution in [2.24, 2.45) is 0 Å². The summed E-state index contributed by atoms with van der Waals surface area (Å²) >= 11 is 0. The van der Waals surface area contributed by atoms with Crippen molar-refractivity contribution in [1.82, 2.24) is 0 Å². The molecule has 1 fully saturated rings. The smallest absolute Gasteiger partial charge is 0.338 e. The number of esters is 2. The molecule has 0 heterocycles. The fourth-order valence-electron chi connectivity index (χ4n) is 4.11. The van der Waals surface area contributed by atoms with Gasteiger partial charge >= 0.3 is 11.9 Å². The van der Waals surface area contributed by atoms with Crippen molar-refractivity contribution in [3.63, 3.8) is 0 Å². The third kappa shape index (κ3) is 10.1. The molecule has 0 aliphatic heterocycles. The van der Waals surface area contributed by atoms with Gasteiger partial charge in [0.1, 0.15) is 12.2 Å². The minimum absolute atomic E-state index is 0.0657. The molecule has 1 aliphatic rings. The van der Waals surface area contributed by atoms with Gasteiger partial charge in [0.15, 0.2) is 0 Å². The summed E-state index contributed by atoms with van der Waals surface area (Å²) in [4.78, 5) is 24.4. The standard InChI is InChI=1S/C25H40N2O4/c1-2-3-4-5-6-7-8-9-10-11-24(28)30-22-12-14-23(15-13-22)31-25(29)19-16-20(26)18-21(27)17-19/h16-18,22-23H,2-15,26-27H2,1H3. The number of hydrogen-bond donors (Lipinski definition) is 2. The molecule has 0 unspecified atom stereocenters. The molecule has 1 saturated carbocycles. The monoisotopic (exact) mass is 432 g/mol. The van der Waals surface area contributed by atoms with E-state index in [-0.39, 0.29) is 18.2 Å². The van der Waals surface area contributed by atoms with Gasteiger partial charge in [0.05, 0.1) is 5.56 Å². The van der Waals surface area contributed by atoms with Gasteiger partial charge < -0.3 is 20.9 Å². The highest BCUT2D eigenvalue weighted by Gasteiger charge is 2.26. The Bertz CT molecular complexity index is 664. The van der Waals surface area contributed by atoms with Crippen LogP contribution in [0, 0.1) is 0 Å². The first kappa shape index (κ1) is 25.0. The fraction of sp³-hybridized carbons (Fsp3) is 0.680. The highest BCUT2D eigenvalue weighted by atomic mass is 16.6. The van der Waals surface area contributed by atoms with Crippen molar-refractivity contribution < 1.29 is 19.1 Å². The van der Waals surface area contributed by atoms with Gasteiger partial charge in [-0.15, -0.1) is 0 Å². The van der Waals surface area contributed by atoms with E-state index in [1.54, 1.807) is 18.2 Å². The van der Waals surface area contributed by atoms with E-state index >= 15 is 0 Å². The molecular weight excluding hydrogens is 392 g/mol. The van der Waals surface area contributed by atoms with E-state index in [0.717, 1.165) is 25.7 Å². The molecule has 31 heavy (non-hydrogen) atoms. The molecule has 0 spiro atoms. The van der Waals surface area contributed by atoms with Crippen molar-refractivity contribution in [2.75, 3.05) is 11.5 Å². The predicted octanol–water partition coefficient (Wildman–Crippen LogP) is 5.78. The fourth-order valence-corrected chi connectivity index (χ4v) is 4.11. The topological polar surface area (TPSA) is 105 Å². The van der Waals surface area contributed by atoms with Gasteiger partial charge in [-0.05, 0) is 50.3 Å². The van der Waals surface area contributed by atoms with Crippen molar-refractivity contribution in [2.45, 2.75) is 109 Å². The first-order chi connectivity index (χ1) is 15.0. The Morgan fingerprint density at radius 1 is 0.774 bits per heavy atom. The number of anilines is 2. The third-order valence-corrected chi connectivity index (χ3v) is 5.89. The summed E-state index contributed by atoms with van der Waals surface area (Å²) in [5, 5.41) is 0. The summed E-state index contributed by atoms with van der Waals surface area (Å²) in [6.45, 7) is 2.24. The first-order valence-electron chi connectivity index (χ1n) is 12.0. The van der Waals surface area contributed by atoms with Crippen molar-refractivity contribution >= 4 is 23.3 Å². The molecule has 1 aromatic carbocycles. The van der Waals surface area contributed by atoms with E-state index in [2.05, 4.69) is 6.92 Å². The Balaban J connectivity index is 1.55. The van der Waals surface area contributed by atoms with Crippen molar-refractivity contribution in [1.29, 1.82) is 0 Å². The molecule has 174 valence electrons. The summed E-state index contributed by atoms with van der Waals surface area (Å²) in [6.07, 6.45) is 14.2. The number of carbonyl (C=O) groups excluding carboxylic acids is 2. The second-order valence-electron chi connectivity index (χ2n) is 8.76. The summed E-state index contributed by atoms with van der Waals surface area (Å²) < 4.78 is 11.2. The Kier molecular flexibility index (Phi) is 11.3. The van der Waals surface area contributed by atoms with Crippen LogP contribution in [-0.2, 0) is 14.3 Å². The van der Waals surface area contributed by atoms with E-state index in [1.165, 1.54) is 44.9 Å². The highest BCUT2D eigenvalue weighted by Crippen LogP contribution is 2.25. The van der Waals surface area contributed by atoms with Crippen LogP contribution in [0.4, 0.5) is 11.4 Å². The van der Waals surface area contributed by atoms with Gasteiger partial charge in [-0.3, -0.25) is 4.79 Å². The van der Waals surface area contributed by atoms with Gasteiger partial charge in [-0.2, -0.15) is 0 Å². The van der Waals surface area contributed by atoms with Crippen LogP contribution in [0.3, 0.4) is 0 Å². The van der Waals surface area contributed by atoms with E-state index in [1.807, 2.05) is 0 Å². The summed E-state index contributed by atoms with van der Waals surface area (Å²) in [6, 6.07) is 4.74. The van der Waals surface area contributed by atoms with Gasteiger partial charge in [0, 0.05) is 17.8 Å². The molecule has 4 N–H and O–H groups in total. The SMILES string of the molecule is CCCCCCCCCCCC(=O)OC1CCC(OC(=O)c2cc(N)cc(N)c2)CC1. The zero-order valence-corrected chi connectivity index (χ0v) is 19.1. The summed E-state index contributed by atoms with van der Waals surface area (Å²) in [5.41, 5.74) is 12.7. The zero-order valence-electron chi connectivity index (χ0n) is 19.1. The average molecular weight is 433 g/mol. The van der Waals surface area contributed by atoms with Crippen molar-refractivity contribution in [3.8, 4) is 0 Å². The minimum Gasteiger partial charge on any atom is -0.462 e. The zero-order chi connectivity index (χ0) is 22.5. The molecule has 0 aromatic heterocycles. The lowest BCUT2D eigenvalue weighted by Gasteiger charge is -2.28. The Hall–Kier alpha value is -2.24. The average Bonchev–Trinajstić information content (AvgIpc) is 2.73. The van der Waals surface area contributed by atoms with Gasteiger partial charge in [-0.25, -0.2) is 4.79 Å². The van der Waals surface area contributed by atoms with E-state index in [9.17, 15) is 9.59 Å². The largest absolute Gasteiger partial charge is 0.462 e. The van der Waals surface area contributed by atoms with Gasteiger partial charge in [-0.1, -0.05) is 58.3 Å². The highest BCUT2D eigenvalue weighted by molar-refractivity contribution is 5.91. The van der Waals surface area contributed by atoms with Crippen LogP contribution >= 0.6 is 0 Å². The third-order valence-electron chi connectivity index (χ3n) is 5.89. The maximum Gasteiger partial charge on any atom is 0.338 e. The molecule has 1 aromatic rings. The van der Waals surface area contributed by atoms with Crippen LogP contribution in [-0.4, -0.2) is 24.1 Å². The Labute approximate surface area is 187 Å². The number of rotatable bonds is 13. The molecular formula is C25H40N2O4. The Morgan fingerprint density at radius 2 is 1.26 bits per heavy atom. The molecule has 6 nitrogen and oxygen atoms in total. The van der Waals surface area contributed by atoms with E-state index < -0.39 is 5.97 Å². The van der Waals surface area contributed by atoms with Crippen LogP contribution in [0.15, 0.2) is 18.2 Å². The van der Waals surface area contributed by atoms with Crippen LogP contribution in [0.1, 0.15) is 107 Å². The first-order valence-corrected chi connectivity index (χ1v) is 12.0. The molecule has 0 bridgehead atoms. The lowest BCUT2D eigenvalue weighted by Crippen LogP contribution is -2.29. The minimum atomic E-state index is -0.412. The molecule has 0 atom stereocenters. The number of ether oxygens (including phenoxy) is 2. The maximum atomic E-state index is 12.3. The van der Waals surface area contributed by atoms with Gasteiger partial charge in [0.25, 0.3) is 0 Å². The quantitative estimate of drug-likeness (QED) is 0.232. The summed E-state index contributed by atoms with van der Waals surface area (Å²) in [7, 11) is 0. The molecule has 0 saturated heterocycles. The number of carbonyl (C=O) groups is 2. The van der Waals surface area contributed by atoms with E-state index in [0.29, 0.717) is 36.2 Å². The predicted molar refractivity (Wildman–Crippen MR) is 125 cm³/mol. The number of unbranched alkanes of at least 4 members (excludes halogenated alkanes) is 8. The van der Waals surface area contributed by atoms with Gasteiger partial charge in [0.2, 0.25) is 0 Å². The number of hydrogen-bond acceptors (Lipinski definition) is 6. The van der Waals surface area contributed by atoms with Crippen LogP contribution < -0.4 is 11.5 Å². The molecule has 0 radical (unpaired) electrons. The van der Waals surface area contributed by atoms with Crippen molar-refractivity contribution in [3.05, 3.63) is 23.8 Å². The van der Waals surface area contributed by atoms with Crippen LogP contribution in [0.5, 0.6) is 0 Å². The van der Waals surface area contributed by atoms with Crippen LogP contribution in [0.2, 0.25) is 0 Å². The lowest BCUT2D eigenvalue weighted by atomic mass is 9.95. The van der Waals surface area contributed by atoms with Crippen LogP contribution in [0.25, 0.3) is 0 Å². The molecule has 0 amide bonds. The molecule has 6 heteroatoms. The number of nitrogens with two attached hydrogens (primary N) is 2. The maximum absolute atomic E-state index is 12.3. The lowest BCUT2D eigenvalue weighted by molar-refractivity contribution is -0.151.